The molecule has 0 aromatic carbocycles. The van der Waals surface area contributed by atoms with Crippen LogP contribution in [0.2, 0.25) is 0 Å². The van der Waals surface area contributed by atoms with E-state index in [1.165, 1.54) is 6.26 Å². The summed E-state index contributed by atoms with van der Waals surface area (Å²) in [5, 5.41) is 6.42. The van der Waals surface area contributed by atoms with Gasteiger partial charge in [0.15, 0.2) is 0 Å². The zero-order valence-corrected chi connectivity index (χ0v) is 14.3. The Morgan fingerprint density at radius 1 is 1.19 bits per heavy atom. The van der Waals surface area contributed by atoms with Gasteiger partial charge in [0.1, 0.15) is 27.3 Å². The molecule has 0 aliphatic heterocycles. The minimum atomic E-state index is -3.02. The van der Waals surface area contributed by atoms with E-state index in [0.717, 1.165) is 36.6 Å². The molecule has 0 spiro atoms. The Hall–Kier alpha value is -1.37. The standard InChI is InChI=1S/C14H26N4O2S/c1-6-8-12-17-13(15-7-2)11(4)14(18-12)16-10(3)9-21(5,19)20/h10H,6-9H2,1-5H3,(H2,15,16,17,18). The van der Waals surface area contributed by atoms with E-state index in [9.17, 15) is 8.42 Å². The predicted octanol–water partition coefficient (Wildman–Crippen LogP) is 2.01. The van der Waals surface area contributed by atoms with Crippen molar-refractivity contribution in [1.82, 2.24) is 9.97 Å². The van der Waals surface area contributed by atoms with Crippen LogP contribution in [0.25, 0.3) is 0 Å². The number of nitrogens with zero attached hydrogens (tertiary/aromatic N) is 2. The largest absolute Gasteiger partial charge is 0.370 e. The molecule has 0 saturated carbocycles. The normalized spacial score (nSPS) is 13.0. The average Bonchev–Trinajstić information content (AvgIpc) is 2.33. The van der Waals surface area contributed by atoms with Gasteiger partial charge in [-0.3, -0.25) is 0 Å². The number of hydrogen-bond donors (Lipinski definition) is 2. The third-order valence-electron chi connectivity index (χ3n) is 2.95. The number of nitrogens with one attached hydrogen (secondary N) is 2. The molecule has 2 N–H and O–H groups in total. The van der Waals surface area contributed by atoms with Crippen molar-refractivity contribution in [2.24, 2.45) is 0 Å². The van der Waals surface area contributed by atoms with Crippen molar-refractivity contribution >= 4 is 21.5 Å². The number of sulfone groups is 1. The highest BCUT2D eigenvalue weighted by Crippen LogP contribution is 2.21. The summed E-state index contributed by atoms with van der Waals surface area (Å²) in [6, 6.07) is -0.197. The summed E-state index contributed by atoms with van der Waals surface area (Å²) >= 11 is 0. The Balaban J connectivity index is 3.03. The van der Waals surface area contributed by atoms with Crippen molar-refractivity contribution in [2.75, 3.05) is 29.2 Å². The molecule has 1 rings (SSSR count). The maximum absolute atomic E-state index is 11.4. The Bertz CT molecular complexity index is 573. The van der Waals surface area contributed by atoms with Crippen LogP contribution in [-0.2, 0) is 16.3 Å². The molecule has 0 amide bonds. The highest BCUT2D eigenvalue weighted by atomic mass is 32.2. The molecule has 120 valence electrons. The van der Waals surface area contributed by atoms with Gasteiger partial charge in [-0.2, -0.15) is 0 Å². The van der Waals surface area contributed by atoms with E-state index in [-0.39, 0.29) is 11.8 Å². The van der Waals surface area contributed by atoms with Gasteiger partial charge in [0.25, 0.3) is 0 Å². The number of rotatable bonds is 8. The molecule has 1 heterocycles. The first kappa shape index (κ1) is 17.7. The van der Waals surface area contributed by atoms with Gasteiger partial charge in [-0.1, -0.05) is 6.92 Å². The fourth-order valence-corrected chi connectivity index (χ4v) is 3.10. The van der Waals surface area contributed by atoms with Gasteiger partial charge in [-0.15, -0.1) is 0 Å². The van der Waals surface area contributed by atoms with E-state index in [2.05, 4.69) is 27.5 Å². The van der Waals surface area contributed by atoms with E-state index in [4.69, 9.17) is 0 Å². The number of aryl methyl sites for hydroxylation is 1. The molecule has 21 heavy (non-hydrogen) atoms. The van der Waals surface area contributed by atoms with Crippen molar-refractivity contribution in [3.63, 3.8) is 0 Å². The average molecular weight is 314 g/mol. The van der Waals surface area contributed by atoms with Crippen molar-refractivity contribution in [1.29, 1.82) is 0 Å². The SMILES string of the molecule is CCCc1nc(NCC)c(C)c(NC(C)CS(C)(=O)=O)n1. The Kier molecular flexibility index (Phi) is 6.39. The molecule has 7 heteroatoms. The highest BCUT2D eigenvalue weighted by molar-refractivity contribution is 7.90. The van der Waals surface area contributed by atoms with E-state index < -0.39 is 9.84 Å². The quantitative estimate of drug-likeness (QED) is 0.763. The van der Waals surface area contributed by atoms with Crippen molar-refractivity contribution < 1.29 is 8.42 Å². The lowest BCUT2D eigenvalue weighted by Crippen LogP contribution is -2.26. The number of aromatic nitrogens is 2. The summed E-state index contributed by atoms with van der Waals surface area (Å²) in [5.74, 6) is 2.37. The zero-order chi connectivity index (χ0) is 16.0. The third kappa shape index (κ3) is 5.87. The van der Waals surface area contributed by atoms with Crippen molar-refractivity contribution in [3.05, 3.63) is 11.4 Å². The van der Waals surface area contributed by atoms with Gasteiger partial charge in [0.2, 0.25) is 0 Å². The molecule has 1 aromatic heterocycles. The first-order valence-electron chi connectivity index (χ1n) is 7.32. The van der Waals surface area contributed by atoms with Crippen molar-refractivity contribution in [3.8, 4) is 0 Å². The summed E-state index contributed by atoms with van der Waals surface area (Å²) in [6.07, 6.45) is 3.01. The Labute approximate surface area is 127 Å². The topological polar surface area (TPSA) is 84.0 Å². The molecule has 0 fully saturated rings. The Morgan fingerprint density at radius 2 is 1.81 bits per heavy atom. The maximum atomic E-state index is 11.4. The lowest BCUT2D eigenvalue weighted by molar-refractivity contribution is 0.598. The maximum Gasteiger partial charge on any atom is 0.149 e. The first-order valence-corrected chi connectivity index (χ1v) is 9.38. The molecular formula is C14H26N4O2S. The zero-order valence-electron chi connectivity index (χ0n) is 13.5. The minimum Gasteiger partial charge on any atom is -0.370 e. The number of anilines is 2. The highest BCUT2D eigenvalue weighted by Gasteiger charge is 2.15. The van der Waals surface area contributed by atoms with Gasteiger partial charge >= 0.3 is 0 Å². The van der Waals surface area contributed by atoms with Gasteiger partial charge in [0, 0.05) is 30.8 Å². The number of hydrogen-bond acceptors (Lipinski definition) is 6. The Morgan fingerprint density at radius 3 is 2.33 bits per heavy atom. The van der Waals surface area contributed by atoms with Crippen LogP contribution in [0.5, 0.6) is 0 Å². The molecule has 0 aliphatic rings. The van der Waals surface area contributed by atoms with Crippen LogP contribution in [0.4, 0.5) is 11.6 Å². The molecule has 0 bridgehead atoms. The molecule has 1 atom stereocenters. The molecule has 0 aliphatic carbocycles. The molecule has 6 nitrogen and oxygen atoms in total. The fourth-order valence-electron chi connectivity index (χ4n) is 2.11. The van der Waals surface area contributed by atoms with Crippen LogP contribution in [0.15, 0.2) is 0 Å². The molecule has 0 saturated heterocycles. The molecule has 1 unspecified atom stereocenters. The lowest BCUT2D eigenvalue weighted by atomic mass is 10.2. The smallest absolute Gasteiger partial charge is 0.149 e. The summed E-state index contributed by atoms with van der Waals surface area (Å²) in [7, 11) is -3.02. The molecule has 0 radical (unpaired) electrons. The van der Waals surface area contributed by atoms with Crippen molar-refractivity contribution in [2.45, 2.75) is 46.6 Å². The van der Waals surface area contributed by atoms with Gasteiger partial charge < -0.3 is 10.6 Å². The molecular weight excluding hydrogens is 288 g/mol. The first-order chi connectivity index (χ1) is 9.76. The fraction of sp³-hybridized carbons (Fsp3) is 0.714. The van der Waals surface area contributed by atoms with Crippen LogP contribution in [0.3, 0.4) is 0 Å². The minimum absolute atomic E-state index is 0.0795. The summed E-state index contributed by atoms with van der Waals surface area (Å²) in [6.45, 7) is 8.65. The third-order valence-corrected chi connectivity index (χ3v) is 4.05. The van der Waals surface area contributed by atoms with Crippen LogP contribution >= 0.6 is 0 Å². The van der Waals surface area contributed by atoms with Gasteiger partial charge in [-0.05, 0) is 27.2 Å². The monoisotopic (exact) mass is 314 g/mol. The van der Waals surface area contributed by atoms with E-state index in [1.807, 2.05) is 20.8 Å². The second kappa shape index (κ2) is 7.59. The van der Waals surface area contributed by atoms with Crippen LogP contribution in [0, 0.1) is 6.92 Å². The van der Waals surface area contributed by atoms with Crippen LogP contribution < -0.4 is 10.6 Å². The second-order valence-corrected chi connectivity index (χ2v) is 7.57. The summed E-state index contributed by atoms with van der Waals surface area (Å²) < 4.78 is 22.7. The van der Waals surface area contributed by atoms with Crippen LogP contribution in [0.1, 0.15) is 38.6 Å². The lowest BCUT2D eigenvalue weighted by Gasteiger charge is -2.18. The van der Waals surface area contributed by atoms with E-state index in [1.54, 1.807) is 0 Å². The van der Waals surface area contributed by atoms with Gasteiger partial charge in [-0.25, -0.2) is 18.4 Å². The summed E-state index contributed by atoms with van der Waals surface area (Å²) in [4.78, 5) is 9.03. The van der Waals surface area contributed by atoms with Gasteiger partial charge in [0.05, 0.1) is 5.75 Å². The van der Waals surface area contributed by atoms with E-state index in [0.29, 0.717) is 5.82 Å². The van der Waals surface area contributed by atoms with E-state index >= 15 is 0 Å². The van der Waals surface area contributed by atoms with Crippen LogP contribution in [-0.4, -0.2) is 43.0 Å². The predicted molar refractivity (Wildman–Crippen MR) is 87.7 cm³/mol. The second-order valence-electron chi connectivity index (χ2n) is 5.38. The summed E-state index contributed by atoms with van der Waals surface area (Å²) in [5.41, 5.74) is 0.914. The molecule has 1 aromatic rings.